The summed E-state index contributed by atoms with van der Waals surface area (Å²) in [6.07, 6.45) is 2.10. The molecule has 1 rings (SSSR count). The van der Waals surface area contributed by atoms with E-state index in [2.05, 4.69) is 4.98 Å². The van der Waals surface area contributed by atoms with Crippen molar-refractivity contribution in [2.24, 2.45) is 11.7 Å². The van der Waals surface area contributed by atoms with Crippen molar-refractivity contribution in [3.05, 3.63) is 30.1 Å². The quantitative estimate of drug-likeness (QED) is 0.782. The van der Waals surface area contributed by atoms with E-state index in [1.807, 2.05) is 25.1 Å². The average Bonchev–Trinajstić information content (AvgIpc) is 2.37. The third kappa shape index (κ3) is 4.72. The maximum Gasteiger partial charge on any atom is 0.214 e. The summed E-state index contributed by atoms with van der Waals surface area (Å²) in [4.78, 5) is 4.12. The van der Waals surface area contributed by atoms with Crippen LogP contribution in [0.15, 0.2) is 24.4 Å². The van der Waals surface area contributed by atoms with Crippen molar-refractivity contribution in [2.45, 2.75) is 13.3 Å². The predicted octanol–water partition coefficient (Wildman–Crippen LogP) is 0.481. The Bertz CT molecular complexity index is 448. The van der Waals surface area contributed by atoms with Crippen LogP contribution in [-0.4, -0.2) is 43.6 Å². The molecule has 0 amide bonds. The lowest BCUT2D eigenvalue weighted by Gasteiger charge is -2.20. The van der Waals surface area contributed by atoms with Gasteiger partial charge in [0, 0.05) is 31.9 Å². The number of nitrogens with zero attached hydrogens (tertiary/aromatic N) is 2. The van der Waals surface area contributed by atoms with Gasteiger partial charge in [-0.1, -0.05) is 13.0 Å². The van der Waals surface area contributed by atoms with Crippen molar-refractivity contribution in [2.75, 3.05) is 25.9 Å². The van der Waals surface area contributed by atoms with E-state index < -0.39 is 10.0 Å². The normalized spacial score (nSPS) is 13.8. The van der Waals surface area contributed by atoms with Gasteiger partial charge in [-0.05, 0) is 24.6 Å². The highest BCUT2D eigenvalue weighted by atomic mass is 32.2. The van der Waals surface area contributed by atoms with Crippen LogP contribution in [0.1, 0.15) is 12.6 Å². The number of nitrogens with two attached hydrogens (primary N) is 1. The zero-order chi connectivity index (χ0) is 13.6. The molecular weight excluding hydrogens is 250 g/mol. The third-order valence-electron chi connectivity index (χ3n) is 2.79. The van der Waals surface area contributed by atoms with Crippen molar-refractivity contribution in [1.82, 2.24) is 9.29 Å². The van der Waals surface area contributed by atoms with Crippen molar-refractivity contribution >= 4 is 10.0 Å². The summed E-state index contributed by atoms with van der Waals surface area (Å²) in [7, 11) is -1.63. The van der Waals surface area contributed by atoms with Gasteiger partial charge in [0.05, 0.1) is 5.75 Å². The molecule has 2 N–H and O–H groups in total. The lowest BCUT2D eigenvalue weighted by molar-refractivity contribution is 0.405. The van der Waals surface area contributed by atoms with Crippen LogP contribution in [0.25, 0.3) is 0 Å². The minimum absolute atomic E-state index is 0.0812. The van der Waals surface area contributed by atoms with Crippen LogP contribution in [0.2, 0.25) is 0 Å². The Balaban J connectivity index is 2.54. The van der Waals surface area contributed by atoms with Crippen molar-refractivity contribution in [1.29, 1.82) is 0 Å². The molecule has 18 heavy (non-hydrogen) atoms. The first-order valence-corrected chi connectivity index (χ1v) is 7.60. The fraction of sp³-hybridized carbons (Fsp3) is 0.583. The van der Waals surface area contributed by atoms with Crippen LogP contribution in [0.3, 0.4) is 0 Å². The minimum atomic E-state index is -3.23. The highest BCUT2D eigenvalue weighted by Gasteiger charge is 2.19. The van der Waals surface area contributed by atoms with Gasteiger partial charge in [0.1, 0.15) is 0 Å². The monoisotopic (exact) mass is 271 g/mol. The van der Waals surface area contributed by atoms with E-state index in [1.165, 1.54) is 4.31 Å². The number of sulfonamides is 1. The molecule has 0 aromatic carbocycles. The van der Waals surface area contributed by atoms with Gasteiger partial charge in [-0.15, -0.1) is 0 Å². The van der Waals surface area contributed by atoms with E-state index >= 15 is 0 Å². The number of aromatic nitrogens is 1. The highest BCUT2D eigenvalue weighted by molar-refractivity contribution is 7.89. The van der Waals surface area contributed by atoms with Crippen LogP contribution >= 0.6 is 0 Å². The van der Waals surface area contributed by atoms with E-state index in [9.17, 15) is 8.42 Å². The van der Waals surface area contributed by atoms with Gasteiger partial charge >= 0.3 is 0 Å². The Morgan fingerprint density at radius 2 is 2.17 bits per heavy atom. The van der Waals surface area contributed by atoms with Crippen molar-refractivity contribution in [3.63, 3.8) is 0 Å². The first-order chi connectivity index (χ1) is 8.45. The van der Waals surface area contributed by atoms with Crippen LogP contribution in [0.4, 0.5) is 0 Å². The second-order valence-corrected chi connectivity index (χ2v) is 6.70. The van der Waals surface area contributed by atoms with Gasteiger partial charge in [0.2, 0.25) is 10.0 Å². The van der Waals surface area contributed by atoms with Gasteiger partial charge in [0.15, 0.2) is 0 Å². The number of rotatable bonds is 7. The number of pyridine rings is 1. The molecule has 1 aromatic rings. The Kier molecular flexibility index (Phi) is 5.71. The zero-order valence-corrected chi connectivity index (χ0v) is 11.7. The number of hydrogen-bond acceptors (Lipinski definition) is 4. The molecule has 0 saturated carbocycles. The van der Waals surface area contributed by atoms with Crippen molar-refractivity contribution in [3.8, 4) is 0 Å². The molecule has 0 spiro atoms. The fourth-order valence-electron chi connectivity index (χ4n) is 1.56. The molecule has 0 fully saturated rings. The van der Waals surface area contributed by atoms with Crippen LogP contribution in [0, 0.1) is 5.92 Å². The average molecular weight is 271 g/mol. The van der Waals surface area contributed by atoms with Gasteiger partial charge < -0.3 is 5.73 Å². The van der Waals surface area contributed by atoms with Gasteiger partial charge in [-0.3, -0.25) is 4.98 Å². The maximum atomic E-state index is 12.0. The topological polar surface area (TPSA) is 76.3 Å². The smallest absolute Gasteiger partial charge is 0.214 e. The highest BCUT2D eigenvalue weighted by Crippen LogP contribution is 2.06. The molecule has 102 valence electrons. The van der Waals surface area contributed by atoms with Crippen molar-refractivity contribution < 1.29 is 8.42 Å². The zero-order valence-electron chi connectivity index (χ0n) is 10.9. The molecule has 0 bridgehead atoms. The van der Waals surface area contributed by atoms with Crippen LogP contribution in [0.5, 0.6) is 0 Å². The second kappa shape index (κ2) is 6.82. The summed E-state index contributed by atoms with van der Waals surface area (Å²) >= 11 is 0. The fourth-order valence-corrected chi connectivity index (χ4v) is 2.82. The van der Waals surface area contributed by atoms with E-state index in [1.54, 1.807) is 13.2 Å². The predicted molar refractivity (Wildman–Crippen MR) is 72.6 cm³/mol. The molecule has 6 heteroatoms. The van der Waals surface area contributed by atoms with E-state index in [0.717, 1.165) is 5.69 Å². The SMILES string of the molecule is CC(CN)CN(C)S(=O)(=O)CCc1ccccn1. The number of aryl methyl sites for hydroxylation is 1. The van der Waals surface area contributed by atoms with Crippen LogP contribution in [-0.2, 0) is 16.4 Å². The molecule has 0 saturated heterocycles. The summed E-state index contributed by atoms with van der Waals surface area (Å²) in [5.74, 6) is 0.247. The van der Waals surface area contributed by atoms with Gasteiger partial charge in [-0.25, -0.2) is 12.7 Å². The summed E-state index contributed by atoms with van der Waals surface area (Å²) in [6, 6.07) is 5.50. The summed E-state index contributed by atoms with van der Waals surface area (Å²) < 4.78 is 25.4. The molecule has 0 aliphatic carbocycles. The Morgan fingerprint density at radius 1 is 1.44 bits per heavy atom. The maximum absolute atomic E-state index is 12.0. The molecule has 5 nitrogen and oxygen atoms in total. The molecule has 0 aliphatic rings. The molecule has 0 aliphatic heterocycles. The molecule has 1 atom stereocenters. The number of hydrogen-bond donors (Lipinski definition) is 1. The molecule has 0 radical (unpaired) electrons. The largest absolute Gasteiger partial charge is 0.330 e. The second-order valence-electron chi connectivity index (χ2n) is 4.51. The first kappa shape index (κ1) is 15.1. The summed E-state index contributed by atoms with van der Waals surface area (Å²) in [5, 5.41) is 0. The first-order valence-electron chi connectivity index (χ1n) is 5.99. The Morgan fingerprint density at radius 3 is 2.72 bits per heavy atom. The molecule has 1 aromatic heterocycles. The van der Waals surface area contributed by atoms with Gasteiger partial charge in [0.25, 0.3) is 0 Å². The standard InChI is InChI=1S/C12H21N3O2S/c1-11(9-13)10-15(2)18(16,17)8-6-12-5-3-4-7-14-12/h3-5,7,11H,6,8-10,13H2,1-2H3. The summed E-state index contributed by atoms with van der Waals surface area (Å²) in [6.45, 7) is 2.88. The molecular formula is C12H21N3O2S. The minimum Gasteiger partial charge on any atom is -0.330 e. The van der Waals surface area contributed by atoms with Gasteiger partial charge in [-0.2, -0.15) is 0 Å². The lowest BCUT2D eigenvalue weighted by atomic mass is 10.2. The Hall–Kier alpha value is -0.980. The lowest BCUT2D eigenvalue weighted by Crippen LogP contribution is -2.35. The van der Waals surface area contributed by atoms with E-state index in [0.29, 0.717) is 19.5 Å². The van der Waals surface area contributed by atoms with E-state index in [4.69, 9.17) is 5.73 Å². The molecule has 1 unspecified atom stereocenters. The Labute approximate surface area is 109 Å². The van der Waals surface area contributed by atoms with Crippen LogP contribution < -0.4 is 5.73 Å². The summed E-state index contributed by atoms with van der Waals surface area (Å²) in [5.41, 5.74) is 6.29. The third-order valence-corrected chi connectivity index (χ3v) is 4.61. The van der Waals surface area contributed by atoms with E-state index in [-0.39, 0.29) is 11.7 Å². The molecule has 1 heterocycles.